The second kappa shape index (κ2) is 4.79. The number of carbonyl (C=O) groups is 1. The molecule has 0 aliphatic heterocycles. The summed E-state index contributed by atoms with van der Waals surface area (Å²) in [5.74, 6) is -0.138. The van der Waals surface area contributed by atoms with E-state index >= 15 is 0 Å². The van der Waals surface area contributed by atoms with Gasteiger partial charge in [0.15, 0.2) is 0 Å². The van der Waals surface area contributed by atoms with Gasteiger partial charge in [0.25, 0.3) is 5.56 Å². The number of H-pyrrole nitrogens is 1. The van der Waals surface area contributed by atoms with Crippen molar-refractivity contribution in [2.75, 3.05) is 12.4 Å². The van der Waals surface area contributed by atoms with Crippen LogP contribution in [0.4, 0.5) is 5.82 Å². The van der Waals surface area contributed by atoms with E-state index in [9.17, 15) is 9.59 Å². The lowest BCUT2D eigenvalue weighted by molar-refractivity contribution is 0.0601. The Bertz CT molecular complexity index is 494. The van der Waals surface area contributed by atoms with Crippen molar-refractivity contribution >= 4 is 23.4 Å². The minimum atomic E-state index is -0.523. The summed E-state index contributed by atoms with van der Waals surface area (Å²) in [6.45, 7) is 0. The van der Waals surface area contributed by atoms with Gasteiger partial charge < -0.3 is 15.0 Å². The molecule has 0 atom stereocenters. The molecule has 1 aromatic rings. The molecule has 1 heterocycles. The number of rotatable bonds is 3. The summed E-state index contributed by atoms with van der Waals surface area (Å²) in [5, 5.41) is 3.09. The second-order valence-electron chi connectivity index (χ2n) is 4.00. The first-order valence-corrected chi connectivity index (χ1v) is 5.77. The normalized spacial score (nSPS) is 15.2. The molecule has 2 N–H and O–H groups in total. The van der Waals surface area contributed by atoms with Gasteiger partial charge in [-0.1, -0.05) is 11.6 Å². The highest BCUT2D eigenvalue weighted by Gasteiger charge is 2.21. The molecule has 2 rings (SSSR count). The van der Waals surface area contributed by atoms with Crippen LogP contribution in [0.3, 0.4) is 0 Å². The summed E-state index contributed by atoms with van der Waals surface area (Å²) in [6, 6.07) is 1.63. The van der Waals surface area contributed by atoms with Gasteiger partial charge in [-0.15, -0.1) is 0 Å². The maximum absolute atomic E-state index is 11.5. The Morgan fingerprint density at radius 3 is 2.82 bits per heavy atom. The van der Waals surface area contributed by atoms with Gasteiger partial charge in [0.1, 0.15) is 16.4 Å². The highest BCUT2D eigenvalue weighted by atomic mass is 35.5. The first kappa shape index (κ1) is 12.0. The van der Waals surface area contributed by atoms with Crippen LogP contribution in [0.25, 0.3) is 0 Å². The maximum Gasteiger partial charge on any atom is 0.341 e. The molecular formula is C11H13ClN2O3. The van der Waals surface area contributed by atoms with E-state index in [2.05, 4.69) is 15.0 Å². The van der Waals surface area contributed by atoms with Crippen molar-refractivity contribution in [3.05, 3.63) is 27.0 Å². The second-order valence-corrected chi connectivity index (χ2v) is 4.41. The van der Waals surface area contributed by atoms with E-state index in [-0.39, 0.29) is 10.6 Å². The van der Waals surface area contributed by atoms with Crippen LogP contribution in [0, 0.1) is 0 Å². The quantitative estimate of drug-likeness (QED) is 0.809. The van der Waals surface area contributed by atoms with Gasteiger partial charge in [0.2, 0.25) is 0 Å². The fraction of sp³-hybridized carbons (Fsp3) is 0.455. The van der Waals surface area contributed by atoms with Gasteiger partial charge in [0.05, 0.1) is 7.11 Å². The fourth-order valence-electron chi connectivity index (χ4n) is 1.65. The molecule has 1 fully saturated rings. The molecule has 6 heteroatoms. The predicted molar refractivity (Wildman–Crippen MR) is 64.7 cm³/mol. The Morgan fingerprint density at radius 2 is 2.29 bits per heavy atom. The van der Waals surface area contributed by atoms with Crippen molar-refractivity contribution < 1.29 is 9.53 Å². The van der Waals surface area contributed by atoms with Crippen molar-refractivity contribution in [3.63, 3.8) is 0 Å². The number of nitrogens with one attached hydrogen (secondary N) is 2. The molecule has 5 nitrogen and oxygen atoms in total. The first-order chi connectivity index (χ1) is 8.11. The van der Waals surface area contributed by atoms with Crippen molar-refractivity contribution in [3.8, 4) is 0 Å². The van der Waals surface area contributed by atoms with Crippen molar-refractivity contribution in [2.24, 2.45) is 0 Å². The molecule has 0 bridgehead atoms. The van der Waals surface area contributed by atoms with Crippen LogP contribution in [0.15, 0.2) is 10.9 Å². The third-order valence-electron chi connectivity index (χ3n) is 2.85. The number of hydrogen-bond donors (Lipinski definition) is 2. The number of esters is 1. The van der Waals surface area contributed by atoms with E-state index in [1.807, 2.05) is 0 Å². The number of methoxy groups -OCH3 is 1. The molecule has 1 aliphatic rings. The molecule has 92 valence electrons. The topological polar surface area (TPSA) is 71.2 Å². The van der Waals surface area contributed by atoms with Crippen molar-refractivity contribution in [1.82, 2.24) is 4.98 Å². The molecule has 0 saturated heterocycles. The van der Waals surface area contributed by atoms with Gasteiger partial charge in [-0.3, -0.25) is 4.79 Å². The number of pyridine rings is 1. The number of aromatic amines is 1. The van der Waals surface area contributed by atoms with E-state index in [1.54, 1.807) is 0 Å². The Kier molecular flexibility index (Phi) is 3.38. The number of carbonyl (C=O) groups excluding carboxylic acids is 1. The first-order valence-electron chi connectivity index (χ1n) is 5.39. The smallest absolute Gasteiger partial charge is 0.341 e. The van der Waals surface area contributed by atoms with Gasteiger partial charge in [0, 0.05) is 6.04 Å². The molecule has 0 unspecified atom stereocenters. The molecule has 1 saturated carbocycles. The number of hydrogen-bond acceptors (Lipinski definition) is 4. The zero-order valence-corrected chi connectivity index (χ0v) is 10.1. The van der Waals surface area contributed by atoms with Crippen LogP contribution in [-0.2, 0) is 4.74 Å². The Balaban J connectivity index is 2.35. The van der Waals surface area contributed by atoms with E-state index in [1.165, 1.54) is 13.2 Å². The van der Waals surface area contributed by atoms with E-state index in [0.717, 1.165) is 19.3 Å². The third-order valence-corrected chi connectivity index (χ3v) is 3.14. The van der Waals surface area contributed by atoms with Crippen LogP contribution >= 0.6 is 11.6 Å². The lowest BCUT2D eigenvalue weighted by Crippen LogP contribution is -2.30. The van der Waals surface area contributed by atoms with Gasteiger partial charge >= 0.3 is 5.97 Å². The Labute approximate surface area is 103 Å². The average Bonchev–Trinajstić information content (AvgIpc) is 2.26. The lowest BCUT2D eigenvalue weighted by Gasteiger charge is -2.27. The number of aromatic nitrogens is 1. The van der Waals surface area contributed by atoms with E-state index in [0.29, 0.717) is 11.9 Å². The molecule has 0 spiro atoms. The zero-order valence-electron chi connectivity index (χ0n) is 9.38. The number of halogens is 1. The molecule has 1 aromatic heterocycles. The molecule has 0 radical (unpaired) electrons. The molecule has 1 aliphatic carbocycles. The minimum absolute atomic E-state index is 0.0236. The SMILES string of the molecule is COC(=O)c1cc(Cl)c(=O)[nH]c1NC1CCC1. The summed E-state index contributed by atoms with van der Waals surface area (Å²) in [6.07, 6.45) is 3.22. The van der Waals surface area contributed by atoms with E-state index in [4.69, 9.17) is 11.6 Å². The van der Waals surface area contributed by atoms with E-state index < -0.39 is 11.5 Å². The highest BCUT2D eigenvalue weighted by molar-refractivity contribution is 6.30. The highest BCUT2D eigenvalue weighted by Crippen LogP contribution is 2.24. The summed E-state index contributed by atoms with van der Waals surface area (Å²) < 4.78 is 4.65. The molecule has 0 amide bonds. The van der Waals surface area contributed by atoms with Gasteiger partial charge in [-0.05, 0) is 25.3 Å². The summed E-state index contributed by atoms with van der Waals surface area (Å²) >= 11 is 5.69. The molecular weight excluding hydrogens is 244 g/mol. The zero-order chi connectivity index (χ0) is 12.4. The third kappa shape index (κ3) is 2.44. The van der Waals surface area contributed by atoms with Crippen LogP contribution < -0.4 is 10.9 Å². The van der Waals surface area contributed by atoms with Gasteiger partial charge in [-0.25, -0.2) is 4.79 Å². The van der Waals surface area contributed by atoms with Crippen LogP contribution in [0.1, 0.15) is 29.6 Å². The monoisotopic (exact) mass is 256 g/mol. The number of ether oxygens (including phenoxy) is 1. The Morgan fingerprint density at radius 1 is 1.59 bits per heavy atom. The summed E-state index contributed by atoms with van der Waals surface area (Å²) in [7, 11) is 1.29. The lowest BCUT2D eigenvalue weighted by atomic mass is 9.93. The van der Waals surface area contributed by atoms with Gasteiger partial charge in [-0.2, -0.15) is 0 Å². The maximum atomic E-state index is 11.5. The standard InChI is InChI=1S/C11H13ClN2O3/c1-17-11(16)7-5-8(12)10(15)14-9(7)13-6-3-2-4-6/h5-6H,2-4H2,1H3,(H2,13,14,15). The van der Waals surface area contributed by atoms with Crippen LogP contribution in [-0.4, -0.2) is 24.1 Å². The molecule has 17 heavy (non-hydrogen) atoms. The van der Waals surface area contributed by atoms with Crippen molar-refractivity contribution in [2.45, 2.75) is 25.3 Å². The minimum Gasteiger partial charge on any atom is -0.465 e. The molecule has 0 aromatic carbocycles. The predicted octanol–water partition coefficient (Wildman–Crippen LogP) is 1.78. The Hall–Kier alpha value is -1.49. The fourth-order valence-corrected chi connectivity index (χ4v) is 1.80. The number of anilines is 1. The summed E-state index contributed by atoms with van der Waals surface area (Å²) in [4.78, 5) is 25.5. The largest absolute Gasteiger partial charge is 0.465 e. The van der Waals surface area contributed by atoms with Crippen LogP contribution in [0.2, 0.25) is 5.02 Å². The summed E-state index contributed by atoms with van der Waals surface area (Å²) in [5.41, 5.74) is -0.162. The van der Waals surface area contributed by atoms with Crippen LogP contribution in [0.5, 0.6) is 0 Å². The average molecular weight is 257 g/mol. The van der Waals surface area contributed by atoms with Crippen molar-refractivity contribution in [1.29, 1.82) is 0 Å².